The minimum Gasteiger partial charge on any atom is -0.273 e. The predicted octanol–water partition coefficient (Wildman–Crippen LogP) is 1.69. The number of carbonyl (C=O) groups excluding carboxylic acids is 1. The molecule has 1 fully saturated rings. The first-order chi connectivity index (χ1) is 8.24. The molecule has 0 saturated carbocycles. The highest BCUT2D eigenvalue weighted by Crippen LogP contribution is 2.33. The summed E-state index contributed by atoms with van der Waals surface area (Å²) in [5.41, 5.74) is 1.04. The number of hydrogen-bond acceptors (Lipinski definition) is 3. The standard InChI is InChI=1S/C13H17NO3S/c1-10-6-4-5-7-11(10)8-14-12(15)13(2,3)9-18(14,16)17/h4-7H,8-9H2,1-3H3. The summed E-state index contributed by atoms with van der Waals surface area (Å²) in [5, 5.41) is 0. The molecule has 1 aromatic rings. The van der Waals surface area contributed by atoms with Crippen LogP contribution in [0.5, 0.6) is 0 Å². The number of benzene rings is 1. The molecule has 2 rings (SSSR count). The molecule has 5 heteroatoms. The number of sulfonamides is 1. The zero-order valence-corrected chi connectivity index (χ0v) is 11.6. The molecule has 0 radical (unpaired) electrons. The number of carbonyl (C=O) groups is 1. The largest absolute Gasteiger partial charge is 0.273 e. The molecule has 98 valence electrons. The number of aryl methyl sites for hydroxylation is 1. The number of amides is 1. The molecule has 0 N–H and O–H groups in total. The van der Waals surface area contributed by atoms with Gasteiger partial charge in [0.2, 0.25) is 15.9 Å². The molecule has 0 bridgehead atoms. The highest BCUT2D eigenvalue weighted by atomic mass is 32.2. The van der Waals surface area contributed by atoms with E-state index >= 15 is 0 Å². The summed E-state index contributed by atoms with van der Waals surface area (Å²) >= 11 is 0. The molecular formula is C13H17NO3S. The van der Waals surface area contributed by atoms with Gasteiger partial charge in [-0.2, -0.15) is 0 Å². The van der Waals surface area contributed by atoms with Gasteiger partial charge in [-0.3, -0.25) is 4.79 Å². The fourth-order valence-corrected chi connectivity index (χ4v) is 4.20. The second kappa shape index (κ2) is 4.09. The van der Waals surface area contributed by atoms with Crippen molar-refractivity contribution in [2.45, 2.75) is 27.3 Å². The second-order valence-corrected chi connectivity index (χ2v) is 7.27. The lowest BCUT2D eigenvalue weighted by atomic mass is 9.95. The van der Waals surface area contributed by atoms with Crippen molar-refractivity contribution in [2.24, 2.45) is 5.41 Å². The van der Waals surface area contributed by atoms with Gasteiger partial charge in [-0.15, -0.1) is 0 Å². The van der Waals surface area contributed by atoms with Gasteiger partial charge in [0.1, 0.15) is 0 Å². The van der Waals surface area contributed by atoms with E-state index in [1.54, 1.807) is 13.8 Å². The zero-order chi connectivity index (χ0) is 13.6. The Morgan fingerprint density at radius 2 is 1.89 bits per heavy atom. The predicted molar refractivity (Wildman–Crippen MR) is 69.3 cm³/mol. The third-order valence-corrected chi connectivity index (χ3v) is 5.31. The Bertz CT molecular complexity index is 590. The Balaban J connectivity index is 2.35. The first-order valence-electron chi connectivity index (χ1n) is 5.83. The maximum atomic E-state index is 12.1. The van der Waals surface area contributed by atoms with Gasteiger partial charge in [0, 0.05) is 0 Å². The van der Waals surface area contributed by atoms with Crippen molar-refractivity contribution in [3.63, 3.8) is 0 Å². The highest BCUT2D eigenvalue weighted by molar-refractivity contribution is 7.90. The average Bonchev–Trinajstić information content (AvgIpc) is 2.39. The van der Waals surface area contributed by atoms with Crippen LogP contribution in [0.2, 0.25) is 0 Å². The maximum Gasteiger partial charge on any atom is 0.243 e. The van der Waals surface area contributed by atoms with Crippen molar-refractivity contribution in [3.8, 4) is 0 Å². The zero-order valence-electron chi connectivity index (χ0n) is 10.8. The van der Waals surface area contributed by atoms with Gasteiger partial charge in [0.15, 0.2) is 0 Å². The molecule has 18 heavy (non-hydrogen) atoms. The van der Waals surface area contributed by atoms with Crippen molar-refractivity contribution in [3.05, 3.63) is 35.4 Å². The third kappa shape index (κ3) is 2.14. The normalized spacial score (nSPS) is 21.3. The molecule has 1 aromatic carbocycles. The summed E-state index contributed by atoms with van der Waals surface area (Å²) in [6.45, 7) is 5.39. The van der Waals surface area contributed by atoms with Gasteiger partial charge < -0.3 is 0 Å². The summed E-state index contributed by atoms with van der Waals surface area (Å²) in [7, 11) is -3.48. The van der Waals surface area contributed by atoms with E-state index in [1.165, 1.54) is 0 Å². The maximum absolute atomic E-state index is 12.1. The van der Waals surface area contributed by atoms with E-state index in [0.29, 0.717) is 0 Å². The van der Waals surface area contributed by atoms with Crippen LogP contribution in [0.4, 0.5) is 0 Å². The van der Waals surface area contributed by atoms with Crippen LogP contribution in [0.1, 0.15) is 25.0 Å². The lowest BCUT2D eigenvalue weighted by Gasteiger charge is -2.18. The summed E-state index contributed by atoms with van der Waals surface area (Å²) in [5.74, 6) is -0.421. The van der Waals surface area contributed by atoms with Crippen LogP contribution in [0.25, 0.3) is 0 Å². The molecule has 0 aromatic heterocycles. The Hall–Kier alpha value is -1.36. The van der Waals surface area contributed by atoms with Crippen LogP contribution in [0.3, 0.4) is 0 Å². The Morgan fingerprint density at radius 3 is 2.39 bits per heavy atom. The fourth-order valence-electron chi connectivity index (χ4n) is 2.17. The average molecular weight is 267 g/mol. The second-order valence-electron chi connectivity index (χ2n) is 5.38. The number of nitrogens with zero attached hydrogens (tertiary/aromatic N) is 1. The monoisotopic (exact) mass is 267 g/mol. The first-order valence-corrected chi connectivity index (χ1v) is 7.44. The van der Waals surface area contributed by atoms with Crippen molar-refractivity contribution < 1.29 is 13.2 Å². The van der Waals surface area contributed by atoms with Crippen LogP contribution < -0.4 is 0 Å². The number of rotatable bonds is 2. The van der Waals surface area contributed by atoms with E-state index in [2.05, 4.69) is 0 Å². The van der Waals surface area contributed by atoms with Crippen molar-refractivity contribution in [2.75, 3.05) is 5.75 Å². The molecule has 0 atom stereocenters. The minimum atomic E-state index is -3.48. The first kappa shape index (κ1) is 13.1. The molecule has 1 amide bonds. The minimum absolute atomic E-state index is 0.106. The van der Waals surface area contributed by atoms with Crippen molar-refractivity contribution in [1.29, 1.82) is 0 Å². The Morgan fingerprint density at radius 1 is 1.28 bits per heavy atom. The van der Waals surface area contributed by atoms with Crippen LogP contribution >= 0.6 is 0 Å². The van der Waals surface area contributed by atoms with E-state index in [9.17, 15) is 13.2 Å². The van der Waals surface area contributed by atoms with Gasteiger partial charge in [-0.05, 0) is 31.9 Å². The van der Waals surface area contributed by atoms with E-state index < -0.39 is 15.4 Å². The Labute approximate surface area is 108 Å². The van der Waals surface area contributed by atoms with E-state index in [-0.39, 0.29) is 18.2 Å². The van der Waals surface area contributed by atoms with Gasteiger partial charge in [0.25, 0.3) is 0 Å². The molecule has 0 spiro atoms. The van der Waals surface area contributed by atoms with Gasteiger partial charge in [-0.1, -0.05) is 24.3 Å². The molecule has 1 heterocycles. The molecule has 0 aliphatic carbocycles. The van der Waals surface area contributed by atoms with Gasteiger partial charge in [0.05, 0.1) is 17.7 Å². The number of hydrogen-bond donors (Lipinski definition) is 0. The smallest absolute Gasteiger partial charge is 0.243 e. The summed E-state index contributed by atoms with van der Waals surface area (Å²) < 4.78 is 25.0. The van der Waals surface area contributed by atoms with E-state index in [4.69, 9.17) is 0 Å². The summed E-state index contributed by atoms with van der Waals surface area (Å²) in [6.07, 6.45) is 0. The summed E-state index contributed by atoms with van der Waals surface area (Å²) in [4.78, 5) is 12.1. The van der Waals surface area contributed by atoms with Crippen molar-refractivity contribution in [1.82, 2.24) is 4.31 Å². The lowest BCUT2D eigenvalue weighted by molar-refractivity contribution is -0.132. The van der Waals surface area contributed by atoms with E-state index in [0.717, 1.165) is 15.4 Å². The van der Waals surface area contributed by atoms with Crippen LogP contribution in [0, 0.1) is 12.3 Å². The molecule has 4 nitrogen and oxygen atoms in total. The van der Waals surface area contributed by atoms with Crippen LogP contribution in [-0.2, 0) is 21.4 Å². The lowest BCUT2D eigenvalue weighted by Crippen LogP contribution is -2.32. The summed E-state index contributed by atoms with van der Waals surface area (Å²) in [6, 6.07) is 7.50. The van der Waals surface area contributed by atoms with Gasteiger partial charge in [-0.25, -0.2) is 12.7 Å². The molecule has 1 aliphatic rings. The molecule has 0 unspecified atom stereocenters. The third-order valence-electron chi connectivity index (χ3n) is 3.26. The van der Waals surface area contributed by atoms with Crippen LogP contribution in [-0.4, -0.2) is 24.4 Å². The van der Waals surface area contributed by atoms with Crippen LogP contribution in [0.15, 0.2) is 24.3 Å². The molecular weight excluding hydrogens is 250 g/mol. The quantitative estimate of drug-likeness (QED) is 0.819. The molecule has 1 saturated heterocycles. The topological polar surface area (TPSA) is 54.5 Å². The molecule has 1 aliphatic heterocycles. The van der Waals surface area contributed by atoms with E-state index in [1.807, 2.05) is 31.2 Å². The van der Waals surface area contributed by atoms with Crippen molar-refractivity contribution >= 4 is 15.9 Å². The highest BCUT2D eigenvalue weighted by Gasteiger charge is 2.48. The Kier molecular flexibility index (Phi) is 2.97. The fraction of sp³-hybridized carbons (Fsp3) is 0.462. The SMILES string of the molecule is Cc1ccccc1CN1C(=O)C(C)(C)CS1(=O)=O. The van der Waals surface area contributed by atoms with Gasteiger partial charge >= 0.3 is 0 Å².